The van der Waals surface area contributed by atoms with E-state index in [1.807, 2.05) is 6.92 Å². The molecule has 1 aromatic carbocycles. The summed E-state index contributed by atoms with van der Waals surface area (Å²) in [4.78, 5) is 39.6. The van der Waals surface area contributed by atoms with Crippen molar-refractivity contribution in [2.24, 2.45) is 17.6 Å². The van der Waals surface area contributed by atoms with E-state index in [9.17, 15) is 18.8 Å². The van der Waals surface area contributed by atoms with Crippen LogP contribution in [0.2, 0.25) is 0 Å². The first-order valence-electron chi connectivity index (χ1n) is 8.53. The number of hydrogen-bond acceptors (Lipinski definition) is 3. The van der Waals surface area contributed by atoms with Crippen LogP contribution < -0.4 is 10.6 Å². The van der Waals surface area contributed by atoms with E-state index in [0.29, 0.717) is 19.4 Å². The second-order valence-electron chi connectivity index (χ2n) is 6.87. The molecule has 134 valence electrons. The molecule has 2 saturated heterocycles. The minimum Gasteiger partial charge on any atom is -0.369 e. The molecule has 2 aliphatic rings. The lowest BCUT2D eigenvalue weighted by molar-refractivity contribution is -0.141. The maximum Gasteiger partial charge on any atom is 0.228 e. The van der Waals surface area contributed by atoms with Crippen LogP contribution in [-0.2, 0) is 14.4 Å². The van der Waals surface area contributed by atoms with Gasteiger partial charge in [0.2, 0.25) is 17.7 Å². The van der Waals surface area contributed by atoms with Crippen molar-refractivity contribution >= 4 is 23.4 Å². The molecule has 2 heterocycles. The number of nitrogens with zero attached hydrogens (tertiary/aromatic N) is 2. The van der Waals surface area contributed by atoms with Crippen LogP contribution in [0.15, 0.2) is 24.3 Å². The minimum atomic E-state index is -0.527. The second-order valence-corrected chi connectivity index (χ2v) is 6.87. The zero-order valence-electron chi connectivity index (χ0n) is 14.2. The molecule has 6 nitrogen and oxygen atoms in total. The molecule has 0 spiro atoms. The van der Waals surface area contributed by atoms with E-state index in [-0.39, 0.29) is 42.4 Å². The summed E-state index contributed by atoms with van der Waals surface area (Å²) in [6, 6.07) is 6.04. The van der Waals surface area contributed by atoms with Gasteiger partial charge >= 0.3 is 0 Å². The predicted octanol–water partition coefficient (Wildman–Crippen LogP) is 1.29. The third kappa shape index (κ3) is 3.36. The van der Waals surface area contributed by atoms with E-state index in [1.54, 1.807) is 17.0 Å². The maximum absolute atomic E-state index is 14.0. The van der Waals surface area contributed by atoms with Crippen LogP contribution in [0.5, 0.6) is 0 Å². The summed E-state index contributed by atoms with van der Waals surface area (Å²) in [6.07, 6.45) is 1.43. The van der Waals surface area contributed by atoms with Gasteiger partial charge in [-0.1, -0.05) is 12.1 Å². The first-order valence-corrected chi connectivity index (χ1v) is 8.53. The second kappa shape index (κ2) is 6.82. The van der Waals surface area contributed by atoms with Gasteiger partial charge in [-0.15, -0.1) is 0 Å². The lowest BCUT2D eigenvalue weighted by Gasteiger charge is -2.38. The van der Waals surface area contributed by atoms with Crippen molar-refractivity contribution in [3.63, 3.8) is 0 Å². The van der Waals surface area contributed by atoms with E-state index < -0.39 is 17.6 Å². The Labute approximate surface area is 145 Å². The van der Waals surface area contributed by atoms with E-state index in [4.69, 9.17) is 5.73 Å². The molecule has 2 N–H and O–H groups in total. The highest BCUT2D eigenvalue weighted by Gasteiger charge is 2.41. The number of benzene rings is 1. The fourth-order valence-corrected chi connectivity index (χ4v) is 3.66. The van der Waals surface area contributed by atoms with Gasteiger partial charge in [0.25, 0.3) is 0 Å². The van der Waals surface area contributed by atoms with Crippen LogP contribution in [0.4, 0.5) is 10.1 Å². The van der Waals surface area contributed by atoms with Crippen LogP contribution in [0, 0.1) is 17.7 Å². The normalized spacial score (nSPS) is 26.8. The first-order chi connectivity index (χ1) is 11.9. The molecule has 2 fully saturated rings. The monoisotopic (exact) mass is 347 g/mol. The Morgan fingerprint density at radius 1 is 1.16 bits per heavy atom. The number of primary amides is 1. The fourth-order valence-electron chi connectivity index (χ4n) is 3.66. The predicted molar refractivity (Wildman–Crippen MR) is 90.0 cm³/mol. The van der Waals surface area contributed by atoms with E-state index in [1.165, 1.54) is 17.0 Å². The Hall–Kier alpha value is -2.44. The smallest absolute Gasteiger partial charge is 0.228 e. The molecule has 25 heavy (non-hydrogen) atoms. The number of halogens is 1. The van der Waals surface area contributed by atoms with Gasteiger partial charge in [-0.2, -0.15) is 0 Å². The van der Waals surface area contributed by atoms with Crippen LogP contribution >= 0.6 is 0 Å². The molecule has 3 rings (SSSR count). The van der Waals surface area contributed by atoms with Gasteiger partial charge in [-0.25, -0.2) is 4.39 Å². The zero-order chi connectivity index (χ0) is 18.1. The minimum absolute atomic E-state index is 0.000661. The van der Waals surface area contributed by atoms with Crippen molar-refractivity contribution < 1.29 is 18.8 Å². The number of carbonyl (C=O) groups is 3. The van der Waals surface area contributed by atoms with Crippen molar-refractivity contribution in [2.75, 3.05) is 18.0 Å². The van der Waals surface area contributed by atoms with Crippen molar-refractivity contribution in [3.8, 4) is 0 Å². The number of carbonyl (C=O) groups excluding carboxylic acids is 3. The molecular weight excluding hydrogens is 325 g/mol. The van der Waals surface area contributed by atoms with Gasteiger partial charge in [-0.3, -0.25) is 14.4 Å². The van der Waals surface area contributed by atoms with E-state index in [0.717, 1.165) is 0 Å². The average molecular weight is 347 g/mol. The lowest BCUT2D eigenvalue weighted by Crippen LogP contribution is -2.50. The maximum atomic E-state index is 14.0. The van der Waals surface area contributed by atoms with Crippen molar-refractivity contribution in [1.82, 2.24) is 4.90 Å². The van der Waals surface area contributed by atoms with Gasteiger partial charge in [-0.05, 0) is 31.9 Å². The molecule has 0 saturated carbocycles. The molecule has 7 heteroatoms. The summed E-state index contributed by atoms with van der Waals surface area (Å²) in [6.45, 7) is 2.38. The quantitative estimate of drug-likeness (QED) is 0.894. The topological polar surface area (TPSA) is 83.7 Å². The van der Waals surface area contributed by atoms with Crippen molar-refractivity contribution in [3.05, 3.63) is 30.1 Å². The number of anilines is 1. The van der Waals surface area contributed by atoms with E-state index in [2.05, 4.69) is 0 Å². The van der Waals surface area contributed by atoms with Gasteiger partial charge in [0.1, 0.15) is 5.82 Å². The summed E-state index contributed by atoms with van der Waals surface area (Å²) in [5.41, 5.74) is 5.58. The Morgan fingerprint density at radius 3 is 2.56 bits per heavy atom. The third-order valence-corrected chi connectivity index (χ3v) is 5.19. The highest BCUT2D eigenvalue weighted by atomic mass is 19.1. The van der Waals surface area contributed by atoms with Crippen LogP contribution in [0.1, 0.15) is 26.2 Å². The number of amides is 3. The summed E-state index contributed by atoms with van der Waals surface area (Å²) >= 11 is 0. The Bertz CT molecular complexity index is 709. The zero-order valence-corrected chi connectivity index (χ0v) is 14.2. The highest BCUT2D eigenvalue weighted by Crippen LogP contribution is 2.30. The standard InChI is InChI=1S/C18H22FN3O3/c1-11-6-7-12(17(20)24)9-21(11)18(25)13-8-16(23)22(10-13)15-5-3-2-4-14(15)19/h2-5,11-13H,6-10H2,1H3,(H2,20,24)/t11-,12+,13+/m1/s1. The molecule has 0 unspecified atom stereocenters. The number of likely N-dealkylation sites (tertiary alicyclic amines) is 1. The Kier molecular flexibility index (Phi) is 4.74. The number of piperidine rings is 1. The summed E-state index contributed by atoms with van der Waals surface area (Å²) in [5, 5.41) is 0. The summed E-state index contributed by atoms with van der Waals surface area (Å²) in [5.74, 6) is -2.18. The Morgan fingerprint density at radius 2 is 1.88 bits per heavy atom. The molecule has 1 aromatic rings. The van der Waals surface area contributed by atoms with Crippen LogP contribution in [0.3, 0.4) is 0 Å². The Balaban J connectivity index is 1.74. The molecule has 2 aliphatic heterocycles. The van der Waals surface area contributed by atoms with Crippen LogP contribution in [0.25, 0.3) is 0 Å². The molecule has 3 amide bonds. The SMILES string of the molecule is C[C@@H]1CC[C@H](C(N)=O)CN1C(=O)[C@H]1CC(=O)N(c2ccccc2F)C1. The molecule has 0 bridgehead atoms. The molecular formula is C18H22FN3O3. The summed E-state index contributed by atoms with van der Waals surface area (Å²) < 4.78 is 14.0. The first kappa shape index (κ1) is 17.4. The van der Waals surface area contributed by atoms with Crippen molar-refractivity contribution in [2.45, 2.75) is 32.2 Å². The number of para-hydroxylation sites is 1. The van der Waals surface area contributed by atoms with Crippen LogP contribution in [-0.4, -0.2) is 41.8 Å². The van der Waals surface area contributed by atoms with Gasteiger partial charge < -0.3 is 15.5 Å². The number of rotatable bonds is 3. The molecule has 3 atom stereocenters. The molecule has 0 aromatic heterocycles. The van der Waals surface area contributed by atoms with Gasteiger partial charge in [0.15, 0.2) is 0 Å². The van der Waals surface area contributed by atoms with Gasteiger partial charge in [0.05, 0.1) is 17.5 Å². The third-order valence-electron chi connectivity index (χ3n) is 5.19. The molecule has 0 radical (unpaired) electrons. The fraction of sp³-hybridized carbons (Fsp3) is 0.500. The number of nitrogens with two attached hydrogens (primary N) is 1. The van der Waals surface area contributed by atoms with E-state index >= 15 is 0 Å². The average Bonchev–Trinajstić information content (AvgIpc) is 2.96. The largest absolute Gasteiger partial charge is 0.369 e. The molecule has 0 aliphatic carbocycles. The number of hydrogen-bond donors (Lipinski definition) is 1. The van der Waals surface area contributed by atoms with Gasteiger partial charge in [0, 0.05) is 25.6 Å². The summed E-state index contributed by atoms with van der Waals surface area (Å²) in [7, 11) is 0. The highest BCUT2D eigenvalue weighted by molar-refractivity contribution is 6.00. The van der Waals surface area contributed by atoms with Crippen molar-refractivity contribution in [1.29, 1.82) is 0 Å². The lowest BCUT2D eigenvalue weighted by atomic mass is 9.91.